The number of nitrogens with one attached hydrogen (secondary N) is 1. The van der Waals surface area contributed by atoms with Gasteiger partial charge in [-0.25, -0.2) is 9.78 Å². The minimum absolute atomic E-state index is 0. The van der Waals surface area contributed by atoms with Crippen LogP contribution >= 0.6 is 11.3 Å². The van der Waals surface area contributed by atoms with Crippen LogP contribution in [0.5, 0.6) is 0 Å². The minimum Gasteiger partial charge on any atom is -1.00 e. The first-order chi connectivity index (χ1) is 16.5. The first-order valence-corrected chi connectivity index (χ1v) is 13.2. The molecule has 4 aliphatic rings. The summed E-state index contributed by atoms with van der Waals surface area (Å²) in [5, 5.41) is 16.5. The molecule has 2 atom stereocenters. The lowest BCUT2D eigenvalue weighted by atomic mass is 9.75. The molecule has 4 fully saturated rings. The van der Waals surface area contributed by atoms with E-state index < -0.39 is 11.6 Å². The van der Waals surface area contributed by atoms with Crippen molar-refractivity contribution < 1.29 is 40.9 Å². The molecule has 35 heavy (non-hydrogen) atoms. The summed E-state index contributed by atoms with van der Waals surface area (Å²) < 4.78 is 6.74. The summed E-state index contributed by atoms with van der Waals surface area (Å²) >= 11 is 1.42. The van der Waals surface area contributed by atoms with Crippen molar-refractivity contribution in [1.29, 1.82) is 0 Å². The number of hydrogen-bond acceptors (Lipinski definition) is 7. The zero-order chi connectivity index (χ0) is 23.6. The predicted molar refractivity (Wildman–Crippen MR) is 128 cm³/mol. The Kier molecular flexibility index (Phi) is 8.25. The molecular formula is C25H33BrN4O4S. The van der Waals surface area contributed by atoms with Crippen molar-refractivity contribution in [2.75, 3.05) is 31.5 Å². The zero-order valence-corrected chi connectivity index (χ0v) is 22.2. The van der Waals surface area contributed by atoms with Crippen molar-refractivity contribution in [3.63, 3.8) is 0 Å². The monoisotopic (exact) mass is 564 g/mol. The third-order valence-corrected chi connectivity index (χ3v) is 9.01. The van der Waals surface area contributed by atoms with Gasteiger partial charge in [-0.2, -0.15) is 0 Å². The Balaban J connectivity index is 0.00000289. The van der Waals surface area contributed by atoms with Gasteiger partial charge in [-0.1, -0.05) is 25.3 Å². The quantitative estimate of drug-likeness (QED) is 0.365. The number of quaternary nitrogens is 1. The van der Waals surface area contributed by atoms with Crippen LogP contribution in [0.2, 0.25) is 0 Å². The van der Waals surface area contributed by atoms with E-state index in [1.165, 1.54) is 17.5 Å². The summed E-state index contributed by atoms with van der Waals surface area (Å²) in [5.74, 6) is -0.0135. The molecule has 0 spiro atoms. The van der Waals surface area contributed by atoms with Gasteiger partial charge < -0.3 is 36.6 Å². The first kappa shape index (κ1) is 26.2. The number of fused-ring (bicyclic) bond motifs is 3. The largest absolute Gasteiger partial charge is 1.00 e. The van der Waals surface area contributed by atoms with Crippen molar-refractivity contribution >= 4 is 29.0 Å². The van der Waals surface area contributed by atoms with E-state index in [-0.39, 0.29) is 40.8 Å². The van der Waals surface area contributed by atoms with E-state index in [0.717, 1.165) is 58.0 Å². The highest BCUT2D eigenvalue weighted by Crippen LogP contribution is 2.43. The lowest BCUT2D eigenvalue weighted by molar-refractivity contribution is -0.939. The summed E-state index contributed by atoms with van der Waals surface area (Å²) in [5.41, 5.74) is -1.59. The number of anilines is 1. The van der Waals surface area contributed by atoms with E-state index in [2.05, 4.69) is 15.3 Å². The van der Waals surface area contributed by atoms with Gasteiger partial charge in [0.05, 0.1) is 19.3 Å². The Bertz CT molecular complexity index is 994. The molecule has 1 saturated carbocycles. The first-order valence-electron chi connectivity index (χ1n) is 12.4. The summed E-state index contributed by atoms with van der Waals surface area (Å²) in [4.78, 5) is 35.2. The molecule has 5 heterocycles. The van der Waals surface area contributed by atoms with Crippen LogP contribution in [0, 0.1) is 11.8 Å². The SMILES string of the molecule is O=C(C[N+]12CCC(CC1)C(OC(=O)[C@@](O)(c1cccs1)C1CCCCC1)C2)Nc1cnccn1.[Br-]. The third kappa shape index (κ3) is 5.45. The zero-order valence-electron chi connectivity index (χ0n) is 19.8. The van der Waals surface area contributed by atoms with Crippen LogP contribution in [-0.4, -0.2) is 63.7 Å². The molecule has 0 radical (unpaired) electrons. The molecule has 10 heteroatoms. The van der Waals surface area contributed by atoms with Gasteiger partial charge in [0.1, 0.15) is 6.54 Å². The molecular weight excluding hydrogens is 532 g/mol. The Hall–Kier alpha value is -1.88. The molecule has 0 aromatic carbocycles. The fourth-order valence-corrected chi connectivity index (χ4v) is 7.03. The van der Waals surface area contributed by atoms with E-state index in [0.29, 0.717) is 28.3 Å². The van der Waals surface area contributed by atoms with Gasteiger partial charge in [-0.05, 0) is 24.3 Å². The maximum Gasteiger partial charge on any atom is 0.344 e. The highest BCUT2D eigenvalue weighted by molar-refractivity contribution is 7.10. The molecule has 1 unspecified atom stereocenters. The van der Waals surface area contributed by atoms with E-state index in [4.69, 9.17) is 4.74 Å². The molecule has 2 N–H and O–H groups in total. The Labute approximate surface area is 220 Å². The highest BCUT2D eigenvalue weighted by Gasteiger charge is 2.53. The number of halogens is 1. The molecule has 3 aliphatic heterocycles. The van der Waals surface area contributed by atoms with Crippen molar-refractivity contribution in [2.45, 2.75) is 56.7 Å². The molecule has 8 nitrogen and oxygen atoms in total. The topological polar surface area (TPSA) is 101 Å². The Morgan fingerprint density at radius 1 is 1.17 bits per heavy atom. The fraction of sp³-hybridized carbons (Fsp3) is 0.600. The number of esters is 1. The van der Waals surface area contributed by atoms with Crippen LogP contribution in [0.15, 0.2) is 36.1 Å². The van der Waals surface area contributed by atoms with Gasteiger partial charge in [0, 0.05) is 41.9 Å². The maximum atomic E-state index is 13.6. The summed E-state index contributed by atoms with van der Waals surface area (Å²) in [7, 11) is 0. The normalized spacial score (nSPS) is 27.9. The van der Waals surface area contributed by atoms with E-state index in [9.17, 15) is 14.7 Å². The number of hydrogen-bond donors (Lipinski definition) is 2. The number of aliphatic hydroxyl groups is 1. The second-order valence-electron chi connectivity index (χ2n) is 10.1. The Morgan fingerprint density at radius 2 is 1.94 bits per heavy atom. The molecule has 1 amide bonds. The molecule has 2 bridgehead atoms. The van der Waals surface area contributed by atoms with Crippen LogP contribution in [0.1, 0.15) is 49.8 Å². The van der Waals surface area contributed by atoms with Crippen LogP contribution < -0.4 is 22.3 Å². The molecule has 2 aromatic rings. The Morgan fingerprint density at radius 3 is 2.60 bits per heavy atom. The van der Waals surface area contributed by atoms with Gasteiger partial charge in [0.2, 0.25) is 0 Å². The highest BCUT2D eigenvalue weighted by atomic mass is 79.9. The molecule has 3 saturated heterocycles. The van der Waals surface area contributed by atoms with Crippen LogP contribution in [0.3, 0.4) is 0 Å². The predicted octanol–water partition coefficient (Wildman–Crippen LogP) is 0.101. The van der Waals surface area contributed by atoms with Crippen molar-refractivity contribution in [1.82, 2.24) is 9.97 Å². The van der Waals surface area contributed by atoms with Crippen molar-refractivity contribution in [2.24, 2.45) is 11.8 Å². The number of rotatable bonds is 7. The third-order valence-electron chi connectivity index (χ3n) is 8.01. The van der Waals surface area contributed by atoms with Crippen LogP contribution in [0.25, 0.3) is 0 Å². The average molecular weight is 566 g/mol. The summed E-state index contributed by atoms with van der Waals surface area (Å²) in [6, 6.07) is 3.73. The second-order valence-corrected chi connectivity index (χ2v) is 11.1. The maximum absolute atomic E-state index is 13.6. The van der Waals surface area contributed by atoms with Gasteiger partial charge >= 0.3 is 5.97 Å². The minimum atomic E-state index is -1.59. The smallest absolute Gasteiger partial charge is 0.344 e. The number of aromatic nitrogens is 2. The number of ether oxygens (including phenoxy) is 1. The van der Waals surface area contributed by atoms with E-state index >= 15 is 0 Å². The van der Waals surface area contributed by atoms with Crippen LogP contribution in [0.4, 0.5) is 5.82 Å². The van der Waals surface area contributed by atoms with Crippen molar-refractivity contribution in [3.05, 3.63) is 41.0 Å². The van der Waals surface area contributed by atoms with Gasteiger partial charge in [-0.15, -0.1) is 11.3 Å². The molecule has 190 valence electrons. The van der Waals surface area contributed by atoms with Crippen molar-refractivity contribution in [3.8, 4) is 0 Å². The van der Waals surface area contributed by atoms with Crippen LogP contribution in [-0.2, 0) is 19.9 Å². The molecule has 2 aromatic heterocycles. The fourth-order valence-electron chi connectivity index (χ4n) is 6.14. The summed E-state index contributed by atoms with van der Waals surface area (Å²) in [6.45, 7) is 2.71. The lowest BCUT2D eigenvalue weighted by Gasteiger charge is -2.52. The molecule has 6 rings (SSSR count). The number of carbonyl (C=O) groups is 2. The number of nitrogens with zero attached hydrogens (tertiary/aromatic N) is 3. The average Bonchev–Trinajstić information content (AvgIpc) is 3.40. The second kappa shape index (κ2) is 11.0. The number of piperidine rings is 3. The van der Waals surface area contributed by atoms with E-state index in [1.807, 2.05) is 17.5 Å². The van der Waals surface area contributed by atoms with Gasteiger partial charge in [-0.3, -0.25) is 9.78 Å². The molecule has 1 aliphatic carbocycles. The number of thiophene rings is 1. The standard InChI is InChI=1S/C25H32N4O4S.BrH/c30-23(28-22-15-26-10-11-27-22)17-29-12-8-18(9-13-29)20(16-29)33-24(31)25(32,21-7-4-14-34-21)19-5-2-1-3-6-19;/h4,7,10-11,14-15,18-20,32H,1-3,5-6,8-9,12-13,16-17H2;1H/t18?,20?,25-,29?;/m0./s1. The summed E-state index contributed by atoms with van der Waals surface area (Å²) in [6.07, 6.45) is 11.1. The van der Waals surface area contributed by atoms with Gasteiger partial charge in [0.25, 0.3) is 5.91 Å². The van der Waals surface area contributed by atoms with E-state index in [1.54, 1.807) is 12.4 Å². The number of carbonyl (C=O) groups excluding carboxylic acids is 2. The number of amides is 1. The lowest BCUT2D eigenvalue weighted by Crippen LogP contribution is -3.00. The van der Waals surface area contributed by atoms with Gasteiger partial charge in [0.15, 0.2) is 24.1 Å².